The number of pyridine rings is 1. The molecule has 0 bridgehead atoms. The summed E-state index contributed by atoms with van der Waals surface area (Å²) in [5, 5.41) is 4.81. The van der Waals surface area contributed by atoms with Gasteiger partial charge >= 0.3 is 0 Å². The largest absolute Gasteiger partial charge is 0.483 e. The lowest BCUT2D eigenvalue weighted by molar-refractivity contribution is 0.0934. The van der Waals surface area contributed by atoms with E-state index in [-0.39, 0.29) is 24.2 Å². The second-order valence-electron chi connectivity index (χ2n) is 5.55. The number of nitrogens with one attached hydrogen (secondary N) is 1. The maximum atomic E-state index is 12.0. The van der Waals surface area contributed by atoms with Crippen LogP contribution < -0.4 is 10.1 Å². The van der Waals surface area contributed by atoms with Crippen molar-refractivity contribution in [2.45, 2.75) is 32.9 Å². The minimum atomic E-state index is -0.240. The monoisotopic (exact) mass is 325 g/mol. The van der Waals surface area contributed by atoms with Crippen LogP contribution in [0, 0.1) is 0 Å². The number of rotatable bonds is 6. The Morgan fingerprint density at radius 2 is 2.25 bits per heavy atom. The molecule has 0 aliphatic rings. The van der Waals surface area contributed by atoms with Gasteiger partial charge in [0.2, 0.25) is 5.89 Å². The lowest BCUT2D eigenvalue weighted by atomic mass is 10.1. The normalized spacial score (nSPS) is 12.1. The lowest BCUT2D eigenvalue weighted by Gasteiger charge is -2.09. The number of ether oxygens (including phenoxy) is 1. The Morgan fingerprint density at radius 3 is 3.08 bits per heavy atom. The topological polar surface area (TPSA) is 77.2 Å². The number of fused-ring (bicyclic) bond motifs is 1. The summed E-state index contributed by atoms with van der Waals surface area (Å²) in [6.07, 6.45) is 5.71. The zero-order valence-corrected chi connectivity index (χ0v) is 13.7. The Balaban J connectivity index is 1.68. The molecule has 3 rings (SSSR count). The average molecular weight is 325 g/mol. The molecule has 2 aromatic heterocycles. The number of carbonyl (C=O) groups is 1. The molecule has 6 nitrogen and oxygen atoms in total. The van der Waals surface area contributed by atoms with Gasteiger partial charge in [-0.25, -0.2) is 4.98 Å². The highest BCUT2D eigenvalue weighted by atomic mass is 16.5. The molecule has 1 amide bonds. The van der Waals surface area contributed by atoms with Crippen molar-refractivity contribution in [2.24, 2.45) is 0 Å². The molecule has 1 atom stereocenters. The predicted molar refractivity (Wildman–Crippen MR) is 89.8 cm³/mol. The molecule has 6 heteroatoms. The first-order valence-corrected chi connectivity index (χ1v) is 7.88. The Kier molecular flexibility index (Phi) is 4.74. The first-order valence-electron chi connectivity index (χ1n) is 7.88. The van der Waals surface area contributed by atoms with Crippen molar-refractivity contribution in [3.05, 3.63) is 54.5 Å². The number of amides is 1. The van der Waals surface area contributed by atoms with E-state index in [2.05, 4.69) is 15.3 Å². The summed E-state index contributed by atoms with van der Waals surface area (Å²) < 4.78 is 11.1. The Labute approximate surface area is 139 Å². The van der Waals surface area contributed by atoms with Crippen molar-refractivity contribution in [2.75, 3.05) is 0 Å². The molecule has 0 saturated heterocycles. The minimum Gasteiger partial charge on any atom is -0.483 e. The molecule has 124 valence electrons. The van der Waals surface area contributed by atoms with Gasteiger partial charge < -0.3 is 14.5 Å². The quantitative estimate of drug-likeness (QED) is 0.752. The van der Waals surface area contributed by atoms with Crippen LogP contribution in [-0.2, 0) is 6.61 Å². The standard InChI is InChI=1S/C18H19N3O3/c1-3-12(2)20-18(22)15-10-24-17(21-15)11-23-16-6-4-5-13-9-19-8-7-14(13)16/h4-10,12H,3,11H2,1-2H3,(H,20,22)/t12-/m0/s1. The van der Waals surface area contributed by atoms with Gasteiger partial charge in [0.25, 0.3) is 5.91 Å². The zero-order chi connectivity index (χ0) is 16.9. The molecule has 3 aromatic rings. The molecule has 0 aliphatic carbocycles. The fourth-order valence-electron chi connectivity index (χ4n) is 2.24. The number of aromatic nitrogens is 2. The van der Waals surface area contributed by atoms with Gasteiger partial charge in [0, 0.05) is 29.2 Å². The van der Waals surface area contributed by atoms with Crippen molar-refractivity contribution in [3.63, 3.8) is 0 Å². The molecule has 1 N–H and O–H groups in total. The van der Waals surface area contributed by atoms with Gasteiger partial charge in [0.1, 0.15) is 12.0 Å². The van der Waals surface area contributed by atoms with E-state index in [1.165, 1.54) is 6.26 Å². The van der Waals surface area contributed by atoms with E-state index in [9.17, 15) is 4.79 Å². The summed E-state index contributed by atoms with van der Waals surface area (Å²) in [6, 6.07) is 7.74. The van der Waals surface area contributed by atoms with Gasteiger partial charge in [-0.3, -0.25) is 9.78 Å². The van der Waals surface area contributed by atoms with Gasteiger partial charge in [0.15, 0.2) is 12.3 Å². The number of nitrogens with zero attached hydrogens (tertiary/aromatic N) is 2. The van der Waals surface area contributed by atoms with Crippen LogP contribution in [-0.4, -0.2) is 21.9 Å². The summed E-state index contributed by atoms with van der Waals surface area (Å²) >= 11 is 0. The summed E-state index contributed by atoms with van der Waals surface area (Å²) in [7, 11) is 0. The first kappa shape index (κ1) is 16.0. The van der Waals surface area contributed by atoms with Crippen LogP contribution in [0.5, 0.6) is 5.75 Å². The van der Waals surface area contributed by atoms with Crippen LogP contribution in [0.15, 0.2) is 47.3 Å². The van der Waals surface area contributed by atoms with Crippen LogP contribution in [0.25, 0.3) is 10.8 Å². The van der Waals surface area contributed by atoms with Crippen molar-refractivity contribution < 1.29 is 13.9 Å². The van der Waals surface area contributed by atoms with Gasteiger partial charge in [-0.1, -0.05) is 19.1 Å². The predicted octanol–water partition coefficient (Wildman–Crippen LogP) is 3.33. The summed E-state index contributed by atoms with van der Waals surface area (Å²) in [4.78, 5) is 20.3. The second-order valence-corrected chi connectivity index (χ2v) is 5.55. The molecule has 0 aliphatic heterocycles. The van der Waals surface area contributed by atoms with Gasteiger partial charge in [-0.2, -0.15) is 0 Å². The Bertz CT molecular complexity index is 839. The molecular weight excluding hydrogens is 306 g/mol. The fourth-order valence-corrected chi connectivity index (χ4v) is 2.24. The molecule has 0 spiro atoms. The van der Waals surface area contributed by atoms with Crippen LogP contribution in [0.2, 0.25) is 0 Å². The number of oxazole rings is 1. The third-order valence-electron chi connectivity index (χ3n) is 3.77. The minimum absolute atomic E-state index is 0.0955. The molecule has 0 saturated carbocycles. The van der Waals surface area contributed by atoms with Crippen LogP contribution >= 0.6 is 0 Å². The van der Waals surface area contributed by atoms with E-state index >= 15 is 0 Å². The van der Waals surface area contributed by atoms with Gasteiger partial charge in [-0.05, 0) is 25.5 Å². The van der Waals surface area contributed by atoms with Gasteiger partial charge in [-0.15, -0.1) is 0 Å². The maximum absolute atomic E-state index is 12.0. The highest BCUT2D eigenvalue weighted by Gasteiger charge is 2.14. The number of carbonyl (C=O) groups excluding carboxylic acids is 1. The summed E-state index contributed by atoms with van der Waals surface area (Å²) in [5.41, 5.74) is 0.260. The van der Waals surface area contributed by atoms with E-state index in [1.54, 1.807) is 12.4 Å². The van der Waals surface area contributed by atoms with Crippen molar-refractivity contribution in [1.29, 1.82) is 0 Å². The number of benzene rings is 1. The number of hydrogen-bond donors (Lipinski definition) is 1. The van der Waals surface area contributed by atoms with E-state index in [0.29, 0.717) is 5.89 Å². The second kappa shape index (κ2) is 7.12. The Morgan fingerprint density at radius 1 is 1.38 bits per heavy atom. The van der Waals surface area contributed by atoms with Crippen molar-refractivity contribution in [3.8, 4) is 5.75 Å². The summed E-state index contributed by atoms with van der Waals surface area (Å²) in [5.74, 6) is 0.838. The Hall–Kier alpha value is -2.89. The van der Waals surface area contributed by atoms with E-state index in [4.69, 9.17) is 9.15 Å². The summed E-state index contributed by atoms with van der Waals surface area (Å²) in [6.45, 7) is 4.10. The molecule has 24 heavy (non-hydrogen) atoms. The van der Waals surface area contributed by atoms with Gasteiger partial charge in [0.05, 0.1) is 0 Å². The molecular formula is C18H19N3O3. The van der Waals surface area contributed by atoms with Crippen LogP contribution in [0.3, 0.4) is 0 Å². The highest BCUT2D eigenvalue weighted by Crippen LogP contribution is 2.25. The van der Waals surface area contributed by atoms with E-state index in [1.807, 2.05) is 38.1 Å². The fraction of sp³-hybridized carbons (Fsp3) is 0.278. The maximum Gasteiger partial charge on any atom is 0.273 e. The third kappa shape index (κ3) is 3.53. The lowest BCUT2D eigenvalue weighted by Crippen LogP contribution is -2.32. The van der Waals surface area contributed by atoms with Crippen LogP contribution in [0.1, 0.15) is 36.6 Å². The van der Waals surface area contributed by atoms with E-state index < -0.39 is 0 Å². The van der Waals surface area contributed by atoms with Crippen molar-refractivity contribution >= 4 is 16.7 Å². The van der Waals surface area contributed by atoms with Crippen molar-refractivity contribution in [1.82, 2.24) is 15.3 Å². The first-order chi connectivity index (χ1) is 11.7. The third-order valence-corrected chi connectivity index (χ3v) is 3.77. The average Bonchev–Trinajstić information content (AvgIpc) is 3.09. The highest BCUT2D eigenvalue weighted by molar-refractivity contribution is 5.92. The molecule has 0 unspecified atom stereocenters. The zero-order valence-electron chi connectivity index (χ0n) is 13.7. The van der Waals surface area contributed by atoms with E-state index in [0.717, 1.165) is 22.9 Å². The molecule has 0 radical (unpaired) electrons. The van der Waals surface area contributed by atoms with Crippen LogP contribution in [0.4, 0.5) is 0 Å². The smallest absolute Gasteiger partial charge is 0.273 e. The molecule has 2 heterocycles. The number of hydrogen-bond acceptors (Lipinski definition) is 5. The molecule has 0 fully saturated rings. The SMILES string of the molecule is CC[C@H](C)NC(=O)c1coc(COc2cccc3cnccc23)n1. The molecule has 1 aromatic carbocycles.